The average molecular weight is 155 g/mol. The van der Waals surface area contributed by atoms with E-state index in [4.69, 9.17) is 11.6 Å². The number of sulfone groups is 1. The largest absolute Gasteiger partial charge is 0.224 e. The van der Waals surface area contributed by atoms with E-state index in [2.05, 4.69) is 0 Å². The van der Waals surface area contributed by atoms with E-state index < -0.39 is 9.84 Å². The van der Waals surface area contributed by atoms with Gasteiger partial charge in [-0.05, 0) is 0 Å². The third-order valence-electron chi connectivity index (χ3n) is 0.661. The van der Waals surface area contributed by atoms with Gasteiger partial charge in [-0.2, -0.15) is 0 Å². The minimum absolute atomic E-state index is 0.107. The van der Waals surface area contributed by atoms with E-state index >= 15 is 0 Å². The zero-order valence-corrected chi connectivity index (χ0v) is 6.04. The van der Waals surface area contributed by atoms with Gasteiger partial charge in [0.2, 0.25) is 0 Å². The van der Waals surface area contributed by atoms with Gasteiger partial charge in [0.15, 0.2) is 9.84 Å². The summed E-state index contributed by atoms with van der Waals surface area (Å²) in [6, 6.07) is 0. The van der Waals surface area contributed by atoms with E-state index in [-0.39, 0.29) is 5.75 Å². The molecule has 0 atom stereocenters. The molecule has 0 aromatic rings. The summed E-state index contributed by atoms with van der Waals surface area (Å²) in [6.07, 6.45) is 0. The first-order valence-corrected chi connectivity index (χ1v) is 4.27. The lowest BCUT2D eigenvalue weighted by Crippen LogP contribution is -1.95. The van der Waals surface area contributed by atoms with Gasteiger partial charge in [0.05, 0.1) is 5.75 Å². The highest BCUT2D eigenvalue weighted by Gasteiger charge is 1.97. The van der Waals surface area contributed by atoms with Gasteiger partial charge in [0.1, 0.15) is 0 Å². The Morgan fingerprint density at radius 2 is 2.12 bits per heavy atom. The van der Waals surface area contributed by atoms with Crippen molar-refractivity contribution in [2.75, 3.05) is 5.75 Å². The van der Waals surface area contributed by atoms with E-state index in [1.807, 2.05) is 0 Å². The van der Waals surface area contributed by atoms with Crippen LogP contribution in [0.3, 0.4) is 0 Å². The summed E-state index contributed by atoms with van der Waals surface area (Å²) < 4.78 is 20.9. The Morgan fingerprint density at radius 1 is 1.62 bits per heavy atom. The summed E-state index contributed by atoms with van der Waals surface area (Å²) in [5.74, 6) is 0.107. The van der Waals surface area contributed by atoms with Gasteiger partial charge < -0.3 is 0 Å². The maximum atomic E-state index is 10.4. The van der Waals surface area contributed by atoms with Crippen LogP contribution in [0.2, 0.25) is 0 Å². The molecule has 0 heterocycles. The zero-order chi connectivity index (χ0) is 6.62. The molecule has 0 unspecified atom stereocenters. The van der Waals surface area contributed by atoms with Crippen molar-refractivity contribution in [2.24, 2.45) is 0 Å². The van der Waals surface area contributed by atoms with Gasteiger partial charge in [0, 0.05) is 10.9 Å². The molecule has 0 radical (unpaired) electrons. The minimum atomic E-state index is -2.98. The van der Waals surface area contributed by atoms with Crippen LogP contribution in [0.25, 0.3) is 0 Å². The lowest BCUT2D eigenvalue weighted by atomic mass is 11.0. The molecule has 48 valence electrons. The second kappa shape index (κ2) is 3.10. The van der Waals surface area contributed by atoms with Crippen LogP contribution in [-0.2, 0) is 9.84 Å². The predicted octanol–water partition coefficient (Wildman–Crippen LogP) is 1.13. The Hall–Kier alpha value is -0.0200. The van der Waals surface area contributed by atoms with Crippen molar-refractivity contribution in [1.82, 2.24) is 0 Å². The predicted molar refractivity (Wildman–Crippen MR) is 34.5 cm³/mol. The molecule has 0 aliphatic rings. The number of hydrogen-bond acceptors (Lipinski definition) is 2. The Labute approximate surface area is 54.1 Å². The molecule has 8 heavy (non-hydrogen) atoms. The highest BCUT2D eigenvalue weighted by atomic mass is 35.5. The summed E-state index contributed by atoms with van der Waals surface area (Å²) in [4.78, 5) is 0. The third-order valence-corrected chi connectivity index (χ3v) is 2.29. The van der Waals surface area contributed by atoms with Crippen LogP contribution in [0.4, 0.5) is 0 Å². The maximum Gasteiger partial charge on any atom is 0.172 e. The first-order chi connectivity index (χ1) is 3.62. The van der Waals surface area contributed by atoms with E-state index in [1.165, 1.54) is 0 Å². The SMILES string of the molecule is CCS(=O)(=O)C=CCl. The molecule has 0 saturated carbocycles. The van der Waals surface area contributed by atoms with Crippen LogP contribution in [0.1, 0.15) is 6.92 Å². The molecule has 0 aliphatic carbocycles. The topological polar surface area (TPSA) is 34.1 Å². The highest BCUT2D eigenvalue weighted by molar-refractivity contribution is 7.94. The number of hydrogen-bond donors (Lipinski definition) is 0. The molecule has 0 saturated heterocycles. The van der Waals surface area contributed by atoms with Crippen molar-refractivity contribution < 1.29 is 8.42 Å². The second-order valence-corrected chi connectivity index (χ2v) is 3.64. The fourth-order valence-corrected chi connectivity index (χ4v) is 0.994. The first-order valence-electron chi connectivity index (χ1n) is 2.12. The molecule has 0 N–H and O–H groups in total. The van der Waals surface area contributed by atoms with Gasteiger partial charge in [-0.1, -0.05) is 18.5 Å². The first kappa shape index (κ1) is 7.98. The Morgan fingerprint density at radius 3 is 2.25 bits per heavy atom. The summed E-state index contributed by atoms with van der Waals surface area (Å²) in [6.45, 7) is 1.56. The molecular weight excluding hydrogens is 148 g/mol. The van der Waals surface area contributed by atoms with Gasteiger partial charge in [-0.25, -0.2) is 8.42 Å². The molecule has 0 spiro atoms. The van der Waals surface area contributed by atoms with Crippen molar-refractivity contribution >= 4 is 21.4 Å². The molecule has 0 amide bonds. The molecule has 0 rings (SSSR count). The van der Waals surface area contributed by atoms with Crippen LogP contribution in [0, 0.1) is 0 Å². The Balaban J connectivity index is 4.17. The molecule has 4 heteroatoms. The lowest BCUT2D eigenvalue weighted by molar-refractivity contribution is 0.606. The van der Waals surface area contributed by atoms with Gasteiger partial charge in [0.25, 0.3) is 0 Å². The number of rotatable bonds is 2. The van der Waals surface area contributed by atoms with E-state index in [9.17, 15) is 8.42 Å². The summed E-state index contributed by atoms with van der Waals surface area (Å²) >= 11 is 5.01. The maximum absolute atomic E-state index is 10.4. The van der Waals surface area contributed by atoms with E-state index in [0.717, 1.165) is 10.9 Å². The second-order valence-electron chi connectivity index (χ2n) is 1.21. The summed E-state index contributed by atoms with van der Waals surface area (Å²) in [5.41, 5.74) is 0.999. The van der Waals surface area contributed by atoms with Crippen LogP contribution in [0.5, 0.6) is 0 Å². The molecule has 0 bridgehead atoms. The van der Waals surface area contributed by atoms with E-state index in [0.29, 0.717) is 0 Å². The van der Waals surface area contributed by atoms with Crippen molar-refractivity contribution in [3.8, 4) is 0 Å². The fraction of sp³-hybridized carbons (Fsp3) is 0.500. The summed E-state index contributed by atoms with van der Waals surface area (Å²) in [7, 11) is -2.98. The van der Waals surface area contributed by atoms with Crippen molar-refractivity contribution in [3.05, 3.63) is 10.9 Å². The number of halogens is 1. The van der Waals surface area contributed by atoms with Gasteiger partial charge in [-0.15, -0.1) is 0 Å². The van der Waals surface area contributed by atoms with Crippen LogP contribution in [-0.4, -0.2) is 14.2 Å². The monoisotopic (exact) mass is 154 g/mol. The molecule has 0 aliphatic heterocycles. The highest BCUT2D eigenvalue weighted by Crippen LogP contribution is 1.91. The standard InChI is InChI=1S/C4H7ClO2S/c1-2-8(6,7)4-3-5/h3-4H,2H2,1H3. The Kier molecular flexibility index (Phi) is 3.09. The van der Waals surface area contributed by atoms with Crippen molar-refractivity contribution in [3.63, 3.8) is 0 Å². The van der Waals surface area contributed by atoms with E-state index in [1.54, 1.807) is 6.92 Å². The quantitative estimate of drug-likeness (QED) is 0.598. The molecule has 0 aromatic carbocycles. The molecular formula is C4H7ClO2S. The van der Waals surface area contributed by atoms with Crippen molar-refractivity contribution in [1.29, 1.82) is 0 Å². The van der Waals surface area contributed by atoms with Gasteiger partial charge >= 0.3 is 0 Å². The van der Waals surface area contributed by atoms with Crippen molar-refractivity contribution in [2.45, 2.75) is 6.92 Å². The molecule has 0 aromatic heterocycles. The van der Waals surface area contributed by atoms with Gasteiger partial charge in [-0.3, -0.25) is 0 Å². The van der Waals surface area contributed by atoms with Crippen LogP contribution >= 0.6 is 11.6 Å². The lowest BCUT2D eigenvalue weighted by Gasteiger charge is -1.85. The minimum Gasteiger partial charge on any atom is -0.224 e. The molecule has 0 fully saturated rings. The zero-order valence-electron chi connectivity index (χ0n) is 4.46. The third kappa shape index (κ3) is 3.04. The Bertz CT molecular complexity index is 168. The molecule has 2 nitrogen and oxygen atoms in total. The average Bonchev–Trinajstić information content (AvgIpc) is 1.67. The van der Waals surface area contributed by atoms with Crippen LogP contribution in [0.15, 0.2) is 10.9 Å². The van der Waals surface area contributed by atoms with Crippen LogP contribution < -0.4 is 0 Å². The smallest absolute Gasteiger partial charge is 0.172 e. The summed E-state index contributed by atoms with van der Waals surface area (Å²) in [5, 5.41) is 0.981. The normalized spacial score (nSPS) is 12.8. The fourth-order valence-electron chi connectivity index (χ4n) is 0.175.